The highest BCUT2D eigenvalue weighted by Gasteiger charge is 1.95. The second kappa shape index (κ2) is 4.61. The van der Waals surface area contributed by atoms with Crippen molar-refractivity contribution in [2.24, 2.45) is 0 Å². The molecular formula is C7H11NO2. The highest BCUT2D eigenvalue weighted by molar-refractivity contribution is 5.66. The molecule has 0 unspecified atom stereocenters. The molecule has 0 aliphatic rings. The summed E-state index contributed by atoms with van der Waals surface area (Å²) < 4.78 is 4.62. The van der Waals surface area contributed by atoms with Gasteiger partial charge >= 0.3 is 6.09 Å². The fourth-order valence-corrected chi connectivity index (χ4v) is 0.289. The smallest absolute Gasteiger partial charge is 0.407 e. The van der Waals surface area contributed by atoms with E-state index in [2.05, 4.69) is 23.2 Å². The van der Waals surface area contributed by atoms with Crippen LogP contribution in [-0.2, 0) is 4.74 Å². The molecule has 0 fully saturated rings. The molecule has 0 saturated heterocycles. The Morgan fingerprint density at radius 2 is 2.40 bits per heavy atom. The fourth-order valence-electron chi connectivity index (χ4n) is 0.289. The van der Waals surface area contributed by atoms with Gasteiger partial charge in [-0.1, -0.05) is 19.2 Å². The van der Waals surface area contributed by atoms with Crippen LogP contribution < -0.4 is 5.32 Å². The van der Waals surface area contributed by atoms with Crippen LogP contribution in [0.15, 0.2) is 24.8 Å². The monoisotopic (exact) mass is 141 g/mol. The molecule has 0 heterocycles. The van der Waals surface area contributed by atoms with Crippen molar-refractivity contribution in [2.45, 2.75) is 0 Å². The lowest BCUT2D eigenvalue weighted by Crippen LogP contribution is -2.19. The summed E-state index contributed by atoms with van der Waals surface area (Å²) in [6, 6.07) is 0. The van der Waals surface area contributed by atoms with E-state index in [4.69, 9.17) is 0 Å². The number of ether oxygens (including phenoxy) is 1. The van der Waals surface area contributed by atoms with Crippen LogP contribution in [0, 0.1) is 0 Å². The van der Waals surface area contributed by atoms with E-state index < -0.39 is 6.09 Å². The molecule has 0 atom stereocenters. The molecule has 0 spiro atoms. The first-order valence-electron chi connectivity index (χ1n) is 2.85. The molecule has 1 amide bonds. The third-order valence-corrected chi connectivity index (χ3v) is 0.881. The van der Waals surface area contributed by atoms with Crippen LogP contribution in [0.1, 0.15) is 0 Å². The molecule has 56 valence electrons. The van der Waals surface area contributed by atoms with Crippen molar-refractivity contribution < 1.29 is 9.53 Å². The van der Waals surface area contributed by atoms with Crippen LogP contribution in [0.3, 0.4) is 0 Å². The Balaban J connectivity index is 3.44. The van der Waals surface area contributed by atoms with Gasteiger partial charge in [-0.05, 0) is 5.57 Å². The zero-order chi connectivity index (χ0) is 7.98. The SMILES string of the molecule is C=CC(=C)COC(=O)NC. The van der Waals surface area contributed by atoms with Gasteiger partial charge in [0.2, 0.25) is 0 Å². The maximum absolute atomic E-state index is 10.4. The number of carbonyl (C=O) groups is 1. The number of hydrogen-bond acceptors (Lipinski definition) is 2. The molecule has 0 aliphatic heterocycles. The largest absolute Gasteiger partial charge is 0.445 e. The van der Waals surface area contributed by atoms with Crippen LogP contribution in [0.25, 0.3) is 0 Å². The number of nitrogens with one attached hydrogen (secondary N) is 1. The Morgan fingerprint density at radius 1 is 1.80 bits per heavy atom. The highest BCUT2D eigenvalue weighted by Crippen LogP contribution is 1.91. The maximum atomic E-state index is 10.4. The summed E-state index contributed by atoms with van der Waals surface area (Å²) in [4.78, 5) is 10.4. The van der Waals surface area contributed by atoms with E-state index in [-0.39, 0.29) is 6.61 Å². The highest BCUT2D eigenvalue weighted by atomic mass is 16.5. The molecule has 0 aromatic heterocycles. The van der Waals surface area contributed by atoms with Gasteiger partial charge in [0, 0.05) is 7.05 Å². The van der Waals surface area contributed by atoms with E-state index in [1.165, 1.54) is 7.05 Å². The van der Waals surface area contributed by atoms with Gasteiger partial charge < -0.3 is 10.1 Å². The third-order valence-electron chi connectivity index (χ3n) is 0.881. The van der Waals surface area contributed by atoms with E-state index >= 15 is 0 Å². The lowest BCUT2D eigenvalue weighted by Gasteiger charge is -2.01. The summed E-state index contributed by atoms with van der Waals surface area (Å²) in [6.07, 6.45) is 1.09. The molecule has 3 heteroatoms. The van der Waals surface area contributed by atoms with E-state index in [1.54, 1.807) is 6.08 Å². The van der Waals surface area contributed by atoms with Crippen molar-refractivity contribution in [1.29, 1.82) is 0 Å². The molecule has 0 rings (SSSR count). The summed E-state index contributed by atoms with van der Waals surface area (Å²) >= 11 is 0. The van der Waals surface area contributed by atoms with Crippen molar-refractivity contribution in [3.8, 4) is 0 Å². The number of rotatable bonds is 3. The standard InChI is InChI=1S/C7H11NO2/c1-4-6(2)5-10-7(9)8-3/h4H,1-2,5H2,3H3,(H,8,9). The molecule has 0 bridgehead atoms. The maximum Gasteiger partial charge on any atom is 0.407 e. The summed E-state index contributed by atoms with van der Waals surface area (Å²) in [5.41, 5.74) is 0.684. The Morgan fingerprint density at radius 3 is 2.80 bits per heavy atom. The zero-order valence-electron chi connectivity index (χ0n) is 6.02. The minimum atomic E-state index is -0.456. The summed E-state index contributed by atoms with van der Waals surface area (Å²) in [7, 11) is 1.50. The van der Waals surface area contributed by atoms with Crippen LogP contribution >= 0.6 is 0 Å². The first-order valence-corrected chi connectivity index (χ1v) is 2.85. The van der Waals surface area contributed by atoms with Crippen molar-refractivity contribution >= 4 is 6.09 Å². The minimum Gasteiger partial charge on any atom is -0.445 e. The van der Waals surface area contributed by atoms with Crippen molar-refractivity contribution in [3.05, 3.63) is 24.8 Å². The van der Waals surface area contributed by atoms with Crippen LogP contribution in [-0.4, -0.2) is 19.7 Å². The molecule has 0 radical (unpaired) electrons. The van der Waals surface area contributed by atoms with Crippen molar-refractivity contribution in [1.82, 2.24) is 5.32 Å². The molecule has 0 aliphatic carbocycles. The molecule has 10 heavy (non-hydrogen) atoms. The zero-order valence-corrected chi connectivity index (χ0v) is 6.02. The van der Waals surface area contributed by atoms with Gasteiger partial charge in [0.25, 0.3) is 0 Å². The number of hydrogen-bond donors (Lipinski definition) is 1. The average Bonchev–Trinajstić information content (AvgIpc) is 1.99. The van der Waals surface area contributed by atoms with Crippen molar-refractivity contribution in [2.75, 3.05) is 13.7 Å². The Kier molecular flexibility index (Phi) is 4.04. The van der Waals surface area contributed by atoms with Crippen LogP contribution in [0.2, 0.25) is 0 Å². The molecule has 0 aromatic carbocycles. The van der Waals surface area contributed by atoms with E-state index in [1.807, 2.05) is 0 Å². The quantitative estimate of drug-likeness (QED) is 0.597. The van der Waals surface area contributed by atoms with Gasteiger partial charge in [-0.3, -0.25) is 0 Å². The molecular weight excluding hydrogens is 130 g/mol. The van der Waals surface area contributed by atoms with Gasteiger partial charge in [-0.2, -0.15) is 0 Å². The second-order valence-corrected chi connectivity index (χ2v) is 1.69. The number of carbonyl (C=O) groups excluding carboxylic acids is 1. The second-order valence-electron chi connectivity index (χ2n) is 1.69. The van der Waals surface area contributed by atoms with Gasteiger partial charge in [-0.25, -0.2) is 4.79 Å². The van der Waals surface area contributed by atoms with Crippen molar-refractivity contribution in [3.63, 3.8) is 0 Å². The van der Waals surface area contributed by atoms with Gasteiger partial charge in [0.05, 0.1) is 0 Å². The first kappa shape index (κ1) is 8.75. The topological polar surface area (TPSA) is 38.3 Å². The lowest BCUT2D eigenvalue weighted by atomic mass is 10.3. The Bertz CT molecular complexity index is 152. The Hall–Kier alpha value is -1.25. The fraction of sp³-hybridized carbons (Fsp3) is 0.286. The van der Waals surface area contributed by atoms with E-state index in [0.717, 1.165) is 0 Å². The summed E-state index contributed by atoms with van der Waals surface area (Å²) in [5.74, 6) is 0. The number of amides is 1. The summed E-state index contributed by atoms with van der Waals surface area (Å²) in [5, 5.41) is 2.31. The normalized spacial score (nSPS) is 8.10. The minimum absolute atomic E-state index is 0.198. The average molecular weight is 141 g/mol. The predicted octanol–water partition coefficient (Wildman–Crippen LogP) is 1.08. The van der Waals surface area contributed by atoms with Gasteiger partial charge in [-0.15, -0.1) is 0 Å². The van der Waals surface area contributed by atoms with Gasteiger partial charge in [0.1, 0.15) is 6.61 Å². The Labute approximate surface area is 60.4 Å². The first-order chi connectivity index (χ1) is 4.70. The van der Waals surface area contributed by atoms with Crippen LogP contribution in [0.4, 0.5) is 4.79 Å². The molecule has 0 aromatic rings. The number of alkyl carbamates (subject to hydrolysis) is 1. The molecule has 3 nitrogen and oxygen atoms in total. The van der Waals surface area contributed by atoms with Crippen LogP contribution in [0.5, 0.6) is 0 Å². The summed E-state index contributed by atoms with van der Waals surface area (Å²) in [6.45, 7) is 7.21. The van der Waals surface area contributed by atoms with E-state index in [0.29, 0.717) is 5.57 Å². The molecule has 0 saturated carbocycles. The predicted molar refractivity (Wildman–Crippen MR) is 39.7 cm³/mol. The lowest BCUT2D eigenvalue weighted by molar-refractivity contribution is 0.159. The van der Waals surface area contributed by atoms with Gasteiger partial charge in [0.15, 0.2) is 0 Å². The third kappa shape index (κ3) is 3.72. The van der Waals surface area contributed by atoms with E-state index in [9.17, 15) is 4.79 Å². The molecule has 1 N–H and O–H groups in total.